The third kappa shape index (κ3) is 3.44. The van der Waals surface area contributed by atoms with E-state index in [-0.39, 0.29) is 10.9 Å². The van der Waals surface area contributed by atoms with Crippen molar-refractivity contribution in [2.24, 2.45) is 17.6 Å². The smallest absolute Gasteiger partial charge is 0.234 e. The van der Waals surface area contributed by atoms with Gasteiger partial charge in [0.15, 0.2) is 17.5 Å². The summed E-state index contributed by atoms with van der Waals surface area (Å²) < 4.78 is 39.1. The third-order valence-corrected chi connectivity index (χ3v) is 2.80. The Balaban J connectivity index is 3.00. The van der Waals surface area contributed by atoms with Crippen LogP contribution in [0.3, 0.4) is 0 Å². The zero-order chi connectivity index (χ0) is 14.7. The number of amides is 1. The van der Waals surface area contributed by atoms with Gasteiger partial charge in [0, 0.05) is 0 Å². The number of hydrogen-bond donors (Lipinski definition) is 2. The molecule has 0 aliphatic heterocycles. The molecule has 0 aromatic heterocycles. The Hall–Kier alpha value is -1.63. The molecule has 19 heavy (non-hydrogen) atoms. The number of anilines is 1. The highest BCUT2D eigenvalue weighted by molar-refractivity contribution is 7.80. The molecule has 0 radical (unpaired) electrons. The Kier molecular flexibility index (Phi) is 4.88. The Morgan fingerprint density at radius 2 is 1.84 bits per heavy atom. The lowest BCUT2D eigenvalue weighted by Crippen LogP contribution is -2.37. The first-order chi connectivity index (χ1) is 8.75. The van der Waals surface area contributed by atoms with Crippen molar-refractivity contribution in [2.45, 2.75) is 13.8 Å². The molecule has 1 amide bonds. The number of thiocarbonyl (C=S) groups is 1. The van der Waals surface area contributed by atoms with E-state index < -0.39 is 35.0 Å². The minimum absolute atomic E-state index is 0.0458. The first kappa shape index (κ1) is 15.4. The molecule has 0 aliphatic carbocycles. The molecule has 0 saturated carbocycles. The summed E-state index contributed by atoms with van der Waals surface area (Å²) in [7, 11) is 0. The van der Waals surface area contributed by atoms with Crippen LogP contribution in [-0.2, 0) is 4.79 Å². The highest BCUT2D eigenvalue weighted by atomic mass is 32.1. The van der Waals surface area contributed by atoms with Crippen LogP contribution in [0.25, 0.3) is 0 Å². The van der Waals surface area contributed by atoms with Crippen LogP contribution in [0.2, 0.25) is 0 Å². The maximum Gasteiger partial charge on any atom is 0.234 e. The van der Waals surface area contributed by atoms with E-state index in [4.69, 9.17) is 18.0 Å². The number of benzene rings is 1. The number of hydrogen-bond acceptors (Lipinski definition) is 2. The predicted octanol–water partition coefficient (Wildman–Crippen LogP) is 2.60. The van der Waals surface area contributed by atoms with Crippen LogP contribution >= 0.6 is 12.2 Å². The van der Waals surface area contributed by atoms with Gasteiger partial charge in [-0.1, -0.05) is 26.1 Å². The summed E-state index contributed by atoms with van der Waals surface area (Å²) in [6.45, 7) is 3.43. The molecule has 1 aromatic carbocycles. The van der Waals surface area contributed by atoms with E-state index in [2.05, 4.69) is 5.32 Å². The van der Waals surface area contributed by atoms with Crippen molar-refractivity contribution in [3.05, 3.63) is 29.6 Å². The number of nitrogens with one attached hydrogen (secondary N) is 1. The fraction of sp³-hybridized carbons (Fsp3) is 0.333. The van der Waals surface area contributed by atoms with Crippen LogP contribution in [0, 0.1) is 29.3 Å². The van der Waals surface area contributed by atoms with Crippen LogP contribution < -0.4 is 11.1 Å². The van der Waals surface area contributed by atoms with Gasteiger partial charge in [0.25, 0.3) is 0 Å². The zero-order valence-electron chi connectivity index (χ0n) is 10.3. The Labute approximate surface area is 114 Å². The molecular formula is C12H13F3N2OS. The zero-order valence-corrected chi connectivity index (χ0v) is 11.2. The van der Waals surface area contributed by atoms with Gasteiger partial charge >= 0.3 is 0 Å². The molecule has 3 N–H and O–H groups in total. The SMILES string of the molecule is CC(C)C(C(=O)Nc1ccc(F)c(F)c1F)C(N)=S. The topological polar surface area (TPSA) is 55.1 Å². The minimum atomic E-state index is -1.64. The second-order valence-electron chi connectivity index (χ2n) is 4.34. The molecule has 7 heteroatoms. The standard InChI is InChI=1S/C12H13F3N2OS/c1-5(2)8(11(16)19)12(18)17-7-4-3-6(13)9(14)10(7)15/h3-5,8H,1-2H3,(H2,16,19)(H,17,18). The molecule has 0 bridgehead atoms. The fourth-order valence-corrected chi connectivity index (χ4v) is 1.97. The van der Waals surface area contributed by atoms with Gasteiger partial charge in [-0.2, -0.15) is 0 Å². The van der Waals surface area contributed by atoms with E-state index in [1.165, 1.54) is 0 Å². The highest BCUT2D eigenvalue weighted by Gasteiger charge is 2.26. The van der Waals surface area contributed by atoms with Crippen LogP contribution in [0.4, 0.5) is 18.9 Å². The second-order valence-corrected chi connectivity index (χ2v) is 4.81. The monoisotopic (exact) mass is 290 g/mol. The molecule has 0 saturated heterocycles. The number of carbonyl (C=O) groups is 1. The third-order valence-electron chi connectivity index (χ3n) is 2.55. The molecular weight excluding hydrogens is 277 g/mol. The number of nitrogens with two attached hydrogens (primary N) is 1. The van der Waals surface area contributed by atoms with Crippen molar-refractivity contribution < 1.29 is 18.0 Å². The summed E-state index contributed by atoms with van der Waals surface area (Å²) in [5, 5.41) is 2.15. The van der Waals surface area contributed by atoms with E-state index in [1.54, 1.807) is 13.8 Å². The molecule has 104 valence electrons. The van der Waals surface area contributed by atoms with Gasteiger partial charge in [-0.15, -0.1) is 0 Å². The predicted molar refractivity (Wildman–Crippen MR) is 70.1 cm³/mol. The number of carbonyl (C=O) groups excluding carboxylic acids is 1. The first-order valence-electron chi connectivity index (χ1n) is 5.49. The van der Waals surface area contributed by atoms with Gasteiger partial charge in [0.2, 0.25) is 5.91 Å². The van der Waals surface area contributed by atoms with Crippen LogP contribution in [0.5, 0.6) is 0 Å². The van der Waals surface area contributed by atoms with Crippen molar-refractivity contribution >= 4 is 28.8 Å². The van der Waals surface area contributed by atoms with E-state index >= 15 is 0 Å². The minimum Gasteiger partial charge on any atom is -0.393 e. The molecule has 1 atom stereocenters. The molecule has 0 heterocycles. The van der Waals surface area contributed by atoms with Crippen molar-refractivity contribution in [3.63, 3.8) is 0 Å². The normalized spacial score (nSPS) is 12.3. The second kappa shape index (κ2) is 6.01. The summed E-state index contributed by atoms with van der Waals surface area (Å²) >= 11 is 4.75. The quantitative estimate of drug-likeness (QED) is 0.662. The Morgan fingerprint density at radius 3 is 2.32 bits per heavy atom. The number of halogens is 3. The molecule has 1 aromatic rings. The molecule has 3 nitrogen and oxygen atoms in total. The summed E-state index contributed by atoms with van der Waals surface area (Å²) in [5.41, 5.74) is 4.97. The molecule has 0 fully saturated rings. The van der Waals surface area contributed by atoms with Crippen molar-refractivity contribution in [1.82, 2.24) is 0 Å². The van der Waals surface area contributed by atoms with Crippen molar-refractivity contribution in [1.29, 1.82) is 0 Å². The van der Waals surface area contributed by atoms with E-state index in [9.17, 15) is 18.0 Å². The summed E-state index contributed by atoms with van der Waals surface area (Å²) in [6.07, 6.45) is 0. The van der Waals surface area contributed by atoms with Gasteiger partial charge in [0.05, 0.1) is 16.6 Å². The lowest BCUT2D eigenvalue weighted by Gasteiger charge is -2.19. The Morgan fingerprint density at radius 1 is 1.26 bits per heavy atom. The van der Waals surface area contributed by atoms with Gasteiger partial charge in [-0.3, -0.25) is 4.79 Å². The summed E-state index contributed by atoms with van der Waals surface area (Å²) in [5.74, 6) is -6.11. The fourth-order valence-electron chi connectivity index (χ4n) is 1.59. The lowest BCUT2D eigenvalue weighted by molar-refractivity contribution is -0.118. The van der Waals surface area contributed by atoms with Crippen LogP contribution in [0.15, 0.2) is 12.1 Å². The van der Waals surface area contributed by atoms with Crippen molar-refractivity contribution in [2.75, 3.05) is 5.32 Å². The first-order valence-corrected chi connectivity index (χ1v) is 5.90. The maximum absolute atomic E-state index is 13.4. The van der Waals surface area contributed by atoms with Gasteiger partial charge < -0.3 is 11.1 Å². The largest absolute Gasteiger partial charge is 0.393 e. The van der Waals surface area contributed by atoms with E-state index in [1.807, 2.05) is 0 Å². The van der Waals surface area contributed by atoms with E-state index in [0.29, 0.717) is 0 Å². The van der Waals surface area contributed by atoms with Crippen LogP contribution in [0.1, 0.15) is 13.8 Å². The maximum atomic E-state index is 13.4. The molecule has 1 rings (SSSR count). The Bertz CT molecular complexity index is 520. The van der Waals surface area contributed by atoms with Gasteiger partial charge in [-0.05, 0) is 18.1 Å². The average molecular weight is 290 g/mol. The lowest BCUT2D eigenvalue weighted by atomic mass is 9.95. The van der Waals surface area contributed by atoms with E-state index in [0.717, 1.165) is 12.1 Å². The number of rotatable bonds is 4. The van der Waals surface area contributed by atoms with Crippen LogP contribution in [-0.4, -0.2) is 10.9 Å². The molecule has 0 aliphatic rings. The van der Waals surface area contributed by atoms with Gasteiger partial charge in [0.1, 0.15) is 0 Å². The van der Waals surface area contributed by atoms with Gasteiger partial charge in [-0.25, -0.2) is 13.2 Å². The van der Waals surface area contributed by atoms with Crippen molar-refractivity contribution in [3.8, 4) is 0 Å². The summed E-state index contributed by atoms with van der Waals surface area (Å²) in [6, 6.07) is 1.65. The summed E-state index contributed by atoms with van der Waals surface area (Å²) in [4.78, 5) is 11.8. The molecule has 1 unspecified atom stereocenters. The average Bonchev–Trinajstić information content (AvgIpc) is 2.29. The highest BCUT2D eigenvalue weighted by Crippen LogP contribution is 2.21. The molecule has 0 spiro atoms.